The van der Waals surface area contributed by atoms with Crippen LogP contribution in [-0.2, 0) is 6.18 Å². The third-order valence-corrected chi connectivity index (χ3v) is 4.47. The van der Waals surface area contributed by atoms with Crippen LogP contribution in [0, 0.1) is 5.82 Å². The Kier molecular flexibility index (Phi) is 5.78. The average Bonchev–Trinajstić information content (AvgIpc) is 2.68. The zero-order valence-corrected chi connectivity index (χ0v) is 15.1. The first-order valence-corrected chi connectivity index (χ1v) is 8.72. The SMILES string of the molecule is CC(NC(=O)c1ccc(N2CCNCC2)nn1)c1ccc(C(F)(F)F)cc1F. The quantitative estimate of drug-likeness (QED) is 0.776. The molecule has 1 aromatic carbocycles. The molecule has 1 amide bonds. The maximum Gasteiger partial charge on any atom is 0.416 e. The summed E-state index contributed by atoms with van der Waals surface area (Å²) in [5, 5.41) is 13.7. The average molecular weight is 397 g/mol. The number of alkyl halides is 3. The van der Waals surface area contributed by atoms with E-state index in [0.29, 0.717) is 11.9 Å². The summed E-state index contributed by atoms with van der Waals surface area (Å²) < 4.78 is 52.0. The lowest BCUT2D eigenvalue weighted by molar-refractivity contribution is -0.137. The highest BCUT2D eigenvalue weighted by Gasteiger charge is 2.31. The van der Waals surface area contributed by atoms with Gasteiger partial charge < -0.3 is 15.5 Å². The van der Waals surface area contributed by atoms with Crippen LogP contribution in [-0.4, -0.2) is 42.3 Å². The van der Waals surface area contributed by atoms with Gasteiger partial charge in [-0.1, -0.05) is 6.07 Å². The predicted molar refractivity (Wildman–Crippen MR) is 94.4 cm³/mol. The molecular weight excluding hydrogens is 378 g/mol. The molecule has 28 heavy (non-hydrogen) atoms. The first kappa shape index (κ1) is 20.0. The van der Waals surface area contributed by atoms with E-state index < -0.39 is 29.5 Å². The normalized spacial score (nSPS) is 16.0. The summed E-state index contributed by atoms with van der Waals surface area (Å²) in [7, 11) is 0. The van der Waals surface area contributed by atoms with Gasteiger partial charge in [0.05, 0.1) is 11.6 Å². The van der Waals surface area contributed by atoms with E-state index in [-0.39, 0.29) is 11.3 Å². The summed E-state index contributed by atoms with van der Waals surface area (Å²) in [4.78, 5) is 14.3. The van der Waals surface area contributed by atoms with E-state index in [2.05, 4.69) is 20.8 Å². The number of hydrogen-bond donors (Lipinski definition) is 2. The molecule has 0 bridgehead atoms. The predicted octanol–water partition coefficient (Wildman–Crippen LogP) is 2.54. The number of amides is 1. The van der Waals surface area contributed by atoms with Crippen molar-refractivity contribution in [3.63, 3.8) is 0 Å². The van der Waals surface area contributed by atoms with Crippen LogP contribution in [0.25, 0.3) is 0 Å². The number of nitrogens with one attached hydrogen (secondary N) is 2. The van der Waals surface area contributed by atoms with Crippen LogP contribution in [0.1, 0.15) is 34.6 Å². The minimum Gasteiger partial charge on any atom is -0.353 e. The van der Waals surface area contributed by atoms with Crippen molar-refractivity contribution in [2.75, 3.05) is 31.1 Å². The molecule has 1 atom stereocenters. The monoisotopic (exact) mass is 397 g/mol. The molecule has 0 spiro atoms. The van der Waals surface area contributed by atoms with Crippen molar-refractivity contribution in [1.29, 1.82) is 0 Å². The number of carbonyl (C=O) groups is 1. The third-order valence-electron chi connectivity index (χ3n) is 4.47. The molecule has 1 aromatic heterocycles. The van der Waals surface area contributed by atoms with Gasteiger partial charge >= 0.3 is 6.18 Å². The van der Waals surface area contributed by atoms with E-state index in [1.165, 1.54) is 13.0 Å². The van der Waals surface area contributed by atoms with Gasteiger partial charge in [-0.15, -0.1) is 10.2 Å². The molecule has 0 aliphatic carbocycles. The van der Waals surface area contributed by atoms with E-state index in [1.807, 2.05) is 4.90 Å². The summed E-state index contributed by atoms with van der Waals surface area (Å²) in [5.41, 5.74) is -1.09. The molecule has 3 rings (SSSR count). The molecule has 0 radical (unpaired) electrons. The number of rotatable bonds is 4. The number of piperazine rings is 1. The van der Waals surface area contributed by atoms with Crippen LogP contribution in [0.15, 0.2) is 30.3 Å². The van der Waals surface area contributed by atoms with Crippen LogP contribution in [0.5, 0.6) is 0 Å². The van der Waals surface area contributed by atoms with Crippen LogP contribution < -0.4 is 15.5 Å². The summed E-state index contributed by atoms with van der Waals surface area (Å²) >= 11 is 0. The molecule has 2 aromatic rings. The molecule has 0 saturated carbocycles. The summed E-state index contributed by atoms with van der Waals surface area (Å²) in [6.45, 7) is 4.71. The molecule has 1 fully saturated rings. The van der Waals surface area contributed by atoms with E-state index >= 15 is 0 Å². The Morgan fingerprint density at radius 3 is 2.46 bits per heavy atom. The molecular formula is C18H19F4N5O. The Morgan fingerprint density at radius 1 is 1.18 bits per heavy atom. The van der Waals surface area contributed by atoms with Gasteiger partial charge in [-0.25, -0.2) is 4.39 Å². The number of halogens is 4. The van der Waals surface area contributed by atoms with Crippen molar-refractivity contribution in [2.24, 2.45) is 0 Å². The van der Waals surface area contributed by atoms with Gasteiger partial charge in [0.1, 0.15) is 5.82 Å². The van der Waals surface area contributed by atoms with Gasteiger partial charge in [0.25, 0.3) is 5.91 Å². The van der Waals surface area contributed by atoms with Gasteiger partial charge in [0, 0.05) is 31.7 Å². The van der Waals surface area contributed by atoms with E-state index in [0.717, 1.165) is 38.3 Å². The minimum atomic E-state index is -4.63. The van der Waals surface area contributed by atoms with Crippen molar-refractivity contribution in [2.45, 2.75) is 19.1 Å². The third kappa shape index (κ3) is 4.56. The highest BCUT2D eigenvalue weighted by atomic mass is 19.4. The number of hydrogen-bond acceptors (Lipinski definition) is 5. The van der Waals surface area contributed by atoms with Crippen molar-refractivity contribution < 1.29 is 22.4 Å². The molecule has 150 valence electrons. The minimum absolute atomic E-state index is 0.0399. The van der Waals surface area contributed by atoms with Gasteiger partial charge in [0.15, 0.2) is 11.5 Å². The van der Waals surface area contributed by atoms with Gasteiger partial charge in [-0.3, -0.25) is 4.79 Å². The zero-order valence-electron chi connectivity index (χ0n) is 15.1. The zero-order chi connectivity index (χ0) is 20.3. The van der Waals surface area contributed by atoms with Gasteiger partial charge in [-0.05, 0) is 31.2 Å². The van der Waals surface area contributed by atoms with E-state index in [9.17, 15) is 22.4 Å². The van der Waals surface area contributed by atoms with Crippen molar-refractivity contribution in [3.8, 4) is 0 Å². The number of nitrogens with zero attached hydrogens (tertiary/aromatic N) is 3. The lowest BCUT2D eigenvalue weighted by atomic mass is 10.0. The molecule has 6 nitrogen and oxygen atoms in total. The first-order valence-electron chi connectivity index (χ1n) is 8.72. The van der Waals surface area contributed by atoms with Crippen LogP contribution in [0.4, 0.5) is 23.4 Å². The Labute approximate surface area is 158 Å². The fourth-order valence-corrected chi connectivity index (χ4v) is 2.91. The molecule has 1 aliphatic rings. The largest absolute Gasteiger partial charge is 0.416 e. The highest BCUT2D eigenvalue weighted by Crippen LogP contribution is 2.31. The number of aromatic nitrogens is 2. The van der Waals surface area contributed by atoms with Crippen LogP contribution >= 0.6 is 0 Å². The summed E-state index contributed by atoms with van der Waals surface area (Å²) in [6, 6.07) is 4.56. The van der Waals surface area contributed by atoms with Crippen molar-refractivity contribution in [1.82, 2.24) is 20.8 Å². The molecule has 10 heteroatoms. The Hall–Kier alpha value is -2.75. The standard InChI is InChI=1S/C18H19F4N5O/c1-11(13-3-2-12(10-14(13)19)18(20,21)22)24-17(28)15-4-5-16(26-25-15)27-8-6-23-7-9-27/h2-5,10-11,23H,6-9H2,1H3,(H,24,28). The number of carbonyl (C=O) groups excluding carboxylic acids is 1. The highest BCUT2D eigenvalue weighted by molar-refractivity contribution is 5.92. The van der Waals surface area contributed by atoms with Crippen molar-refractivity contribution >= 4 is 11.7 Å². The first-order chi connectivity index (χ1) is 13.3. The molecule has 1 unspecified atom stereocenters. The second kappa shape index (κ2) is 8.09. The maximum atomic E-state index is 14.1. The fourth-order valence-electron chi connectivity index (χ4n) is 2.91. The maximum absolute atomic E-state index is 14.1. The van der Waals surface area contributed by atoms with Crippen molar-refractivity contribution in [3.05, 3.63) is 53.0 Å². The van der Waals surface area contributed by atoms with E-state index in [4.69, 9.17) is 0 Å². The topological polar surface area (TPSA) is 70.2 Å². The molecule has 2 heterocycles. The Balaban J connectivity index is 1.67. The van der Waals surface area contributed by atoms with Gasteiger partial charge in [0.2, 0.25) is 0 Å². The van der Waals surface area contributed by atoms with E-state index in [1.54, 1.807) is 6.07 Å². The molecule has 2 N–H and O–H groups in total. The molecule has 1 aliphatic heterocycles. The smallest absolute Gasteiger partial charge is 0.353 e. The number of anilines is 1. The Bertz CT molecular complexity index is 835. The second-order valence-corrected chi connectivity index (χ2v) is 6.44. The lowest BCUT2D eigenvalue weighted by Gasteiger charge is -2.27. The van der Waals surface area contributed by atoms with Crippen LogP contribution in [0.3, 0.4) is 0 Å². The second-order valence-electron chi connectivity index (χ2n) is 6.44. The summed E-state index contributed by atoms with van der Waals surface area (Å²) in [5.74, 6) is -0.978. The number of benzene rings is 1. The fraction of sp³-hybridized carbons (Fsp3) is 0.389. The van der Waals surface area contributed by atoms with Crippen LogP contribution in [0.2, 0.25) is 0 Å². The molecule has 1 saturated heterocycles. The Morgan fingerprint density at radius 2 is 1.89 bits per heavy atom. The lowest BCUT2D eigenvalue weighted by Crippen LogP contribution is -2.44. The summed E-state index contributed by atoms with van der Waals surface area (Å²) in [6.07, 6.45) is -4.63. The van der Waals surface area contributed by atoms with Gasteiger partial charge in [-0.2, -0.15) is 13.2 Å².